The molecule has 0 saturated carbocycles. The third kappa shape index (κ3) is 2.08. The average Bonchev–Trinajstić information content (AvgIpc) is 2.32. The Morgan fingerprint density at radius 1 is 1.58 bits per heavy atom. The van der Waals surface area contributed by atoms with Gasteiger partial charge in [-0.1, -0.05) is 20.8 Å². The van der Waals surface area contributed by atoms with Crippen LogP contribution in [0.25, 0.3) is 0 Å². The number of aromatic nitrogens is 2. The second-order valence-electron chi connectivity index (χ2n) is 3.96. The molecule has 0 radical (unpaired) electrons. The van der Waals surface area contributed by atoms with Crippen LogP contribution in [0.2, 0.25) is 0 Å². The first-order valence-electron chi connectivity index (χ1n) is 3.87. The van der Waals surface area contributed by atoms with E-state index in [9.17, 15) is 0 Å². The molecular formula is C8H14BrN3. The maximum Gasteiger partial charge on any atom is 0.124 e. The van der Waals surface area contributed by atoms with Gasteiger partial charge in [0.25, 0.3) is 0 Å². The predicted octanol–water partition coefficient (Wildman–Crippen LogP) is 2.22. The van der Waals surface area contributed by atoms with E-state index in [4.69, 9.17) is 5.73 Å². The molecule has 1 aromatic heterocycles. The molecule has 68 valence electrons. The van der Waals surface area contributed by atoms with E-state index in [0.29, 0.717) is 0 Å². The molecule has 0 saturated heterocycles. The first-order valence-corrected chi connectivity index (χ1v) is 4.66. The summed E-state index contributed by atoms with van der Waals surface area (Å²) in [5.74, 6) is 0.828. The Balaban J connectivity index is 2.85. The lowest BCUT2D eigenvalue weighted by atomic mass is 9.87. The van der Waals surface area contributed by atoms with Crippen molar-refractivity contribution in [2.75, 3.05) is 0 Å². The summed E-state index contributed by atoms with van der Waals surface area (Å²) in [7, 11) is 0. The number of nitrogens with two attached hydrogens (primary N) is 1. The summed E-state index contributed by atoms with van der Waals surface area (Å²) in [4.78, 5) is 7.22. The molecule has 0 fully saturated rings. The molecule has 1 heterocycles. The zero-order valence-corrected chi connectivity index (χ0v) is 9.14. The van der Waals surface area contributed by atoms with Crippen molar-refractivity contribution < 1.29 is 0 Å². The van der Waals surface area contributed by atoms with Crippen LogP contribution in [0.15, 0.2) is 10.8 Å². The minimum atomic E-state index is -0.0520. The highest BCUT2D eigenvalue weighted by Gasteiger charge is 2.24. The minimum Gasteiger partial charge on any atom is -0.335 e. The molecule has 3 N–H and O–H groups in total. The van der Waals surface area contributed by atoms with Crippen LogP contribution in [0.5, 0.6) is 0 Å². The number of hydrogen-bond donors (Lipinski definition) is 2. The summed E-state index contributed by atoms with van der Waals surface area (Å²) in [6, 6.07) is -0.0520. The lowest BCUT2D eigenvalue weighted by Gasteiger charge is -2.24. The van der Waals surface area contributed by atoms with Crippen LogP contribution in [-0.4, -0.2) is 9.97 Å². The molecule has 0 aliphatic heterocycles. The predicted molar refractivity (Wildman–Crippen MR) is 52.7 cm³/mol. The quantitative estimate of drug-likeness (QED) is 0.779. The van der Waals surface area contributed by atoms with Gasteiger partial charge in [-0.25, -0.2) is 4.98 Å². The van der Waals surface area contributed by atoms with Crippen molar-refractivity contribution in [3.63, 3.8) is 0 Å². The van der Waals surface area contributed by atoms with E-state index in [1.165, 1.54) is 0 Å². The molecule has 1 aromatic rings. The fourth-order valence-corrected chi connectivity index (χ4v) is 1.19. The summed E-state index contributed by atoms with van der Waals surface area (Å²) >= 11 is 3.29. The largest absolute Gasteiger partial charge is 0.335 e. The number of nitrogens with zero attached hydrogens (tertiary/aromatic N) is 1. The lowest BCUT2D eigenvalue weighted by molar-refractivity contribution is 0.316. The number of imidazole rings is 1. The first kappa shape index (κ1) is 9.74. The molecule has 1 unspecified atom stereocenters. The Bertz CT molecular complexity index is 262. The van der Waals surface area contributed by atoms with Crippen LogP contribution in [-0.2, 0) is 0 Å². The highest BCUT2D eigenvalue weighted by molar-refractivity contribution is 9.10. The van der Waals surface area contributed by atoms with Crippen LogP contribution in [0, 0.1) is 5.41 Å². The van der Waals surface area contributed by atoms with Crippen molar-refractivity contribution in [2.24, 2.45) is 11.1 Å². The average molecular weight is 232 g/mol. The zero-order valence-electron chi connectivity index (χ0n) is 7.56. The van der Waals surface area contributed by atoms with Crippen molar-refractivity contribution in [3.8, 4) is 0 Å². The van der Waals surface area contributed by atoms with Crippen molar-refractivity contribution in [2.45, 2.75) is 26.8 Å². The van der Waals surface area contributed by atoms with Crippen LogP contribution in [0.4, 0.5) is 0 Å². The molecule has 1 rings (SSSR count). The Hall–Kier alpha value is -0.350. The van der Waals surface area contributed by atoms with Crippen LogP contribution in [0.3, 0.4) is 0 Å². The van der Waals surface area contributed by atoms with E-state index in [1.807, 2.05) is 0 Å². The van der Waals surface area contributed by atoms with Crippen LogP contribution < -0.4 is 5.73 Å². The van der Waals surface area contributed by atoms with Gasteiger partial charge in [-0.2, -0.15) is 0 Å². The molecule has 0 aliphatic carbocycles. The van der Waals surface area contributed by atoms with Gasteiger partial charge in [0, 0.05) is 0 Å². The number of halogens is 1. The number of H-pyrrole nitrogens is 1. The van der Waals surface area contributed by atoms with Crippen LogP contribution >= 0.6 is 15.9 Å². The smallest absolute Gasteiger partial charge is 0.124 e. The van der Waals surface area contributed by atoms with Gasteiger partial charge in [-0.3, -0.25) is 0 Å². The van der Waals surface area contributed by atoms with E-state index in [2.05, 4.69) is 46.7 Å². The zero-order chi connectivity index (χ0) is 9.35. The summed E-state index contributed by atoms with van der Waals surface area (Å²) in [5, 5.41) is 0. The normalized spacial score (nSPS) is 14.8. The summed E-state index contributed by atoms with van der Waals surface area (Å²) in [6.07, 6.45) is 1.72. The molecule has 3 nitrogen and oxygen atoms in total. The monoisotopic (exact) mass is 231 g/mol. The Morgan fingerprint density at radius 2 is 2.17 bits per heavy atom. The van der Waals surface area contributed by atoms with E-state index < -0.39 is 0 Å². The number of rotatable bonds is 1. The Kier molecular flexibility index (Phi) is 2.58. The first-order chi connectivity index (χ1) is 5.41. The van der Waals surface area contributed by atoms with Gasteiger partial charge >= 0.3 is 0 Å². The number of nitrogens with one attached hydrogen (secondary N) is 1. The van der Waals surface area contributed by atoms with Crippen molar-refractivity contribution in [1.29, 1.82) is 0 Å². The molecule has 0 aliphatic rings. The summed E-state index contributed by atoms with van der Waals surface area (Å²) < 4.78 is 0.872. The lowest BCUT2D eigenvalue weighted by Crippen LogP contribution is -2.27. The molecular weight excluding hydrogens is 218 g/mol. The highest BCUT2D eigenvalue weighted by atomic mass is 79.9. The van der Waals surface area contributed by atoms with E-state index >= 15 is 0 Å². The second-order valence-corrected chi connectivity index (χ2v) is 4.81. The number of aromatic amines is 1. The SMILES string of the molecule is CC(C)(C)C(N)c1ncc(Br)[nH]1. The van der Waals surface area contributed by atoms with Crippen molar-refractivity contribution in [1.82, 2.24) is 9.97 Å². The molecule has 4 heteroatoms. The van der Waals surface area contributed by atoms with Gasteiger partial charge < -0.3 is 10.7 Å². The van der Waals surface area contributed by atoms with Gasteiger partial charge in [0.15, 0.2) is 0 Å². The van der Waals surface area contributed by atoms with E-state index in [1.54, 1.807) is 6.20 Å². The van der Waals surface area contributed by atoms with Gasteiger partial charge in [-0.15, -0.1) is 0 Å². The third-order valence-corrected chi connectivity index (χ3v) is 2.20. The van der Waals surface area contributed by atoms with Gasteiger partial charge in [0.2, 0.25) is 0 Å². The maximum absolute atomic E-state index is 5.97. The fourth-order valence-electron chi connectivity index (χ4n) is 0.881. The molecule has 1 atom stereocenters. The molecule has 12 heavy (non-hydrogen) atoms. The molecule has 0 aromatic carbocycles. The van der Waals surface area contributed by atoms with Crippen LogP contribution in [0.1, 0.15) is 32.6 Å². The van der Waals surface area contributed by atoms with Gasteiger partial charge in [0.1, 0.15) is 10.4 Å². The maximum atomic E-state index is 5.97. The van der Waals surface area contributed by atoms with Crippen molar-refractivity contribution >= 4 is 15.9 Å². The van der Waals surface area contributed by atoms with Crippen molar-refractivity contribution in [3.05, 3.63) is 16.6 Å². The molecule has 0 spiro atoms. The summed E-state index contributed by atoms with van der Waals surface area (Å²) in [5.41, 5.74) is 6.01. The highest BCUT2D eigenvalue weighted by Crippen LogP contribution is 2.28. The summed E-state index contributed by atoms with van der Waals surface area (Å²) in [6.45, 7) is 6.27. The third-order valence-electron chi connectivity index (χ3n) is 1.79. The number of hydrogen-bond acceptors (Lipinski definition) is 2. The molecule has 0 bridgehead atoms. The Morgan fingerprint density at radius 3 is 2.50 bits per heavy atom. The minimum absolute atomic E-state index is 0.0390. The van der Waals surface area contributed by atoms with Gasteiger partial charge in [-0.05, 0) is 21.3 Å². The van der Waals surface area contributed by atoms with Gasteiger partial charge in [0.05, 0.1) is 12.2 Å². The Labute approximate surface area is 80.9 Å². The van der Waals surface area contributed by atoms with E-state index in [0.717, 1.165) is 10.4 Å². The van der Waals surface area contributed by atoms with E-state index in [-0.39, 0.29) is 11.5 Å². The molecule has 0 amide bonds. The standard InChI is InChI=1S/C8H14BrN3/c1-8(2,3)6(10)7-11-4-5(9)12-7/h4,6H,10H2,1-3H3,(H,11,12). The topological polar surface area (TPSA) is 54.7 Å². The fraction of sp³-hybridized carbons (Fsp3) is 0.625. The second kappa shape index (κ2) is 3.18.